The van der Waals surface area contributed by atoms with Gasteiger partial charge >= 0.3 is 11.9 Å². The zero-order chi connectivity index (χ0) is 22.1. The van der Waals surface area contributed by atoms with Gasteiger partial charge in [-0.15, -0.1) is 0 Å². The first-order valence-electron chi connectivity index (χ1n) is 10.9. The molecule has 0 aliphatic carbocycles. The largest absolute Gasteiger partial charge is 0.469 e. The molecule has 168 valence electrons. The number of ether oxygens (including phenoxy) is 2. The Balaban J connectivity index is 4.81. The number of rotatable bonds is 17. The molecule has 0 aliphatic heterocycles. The summed E-state index contributed by atoms with van der Waals surface area (Å²) >= 11 is 0. The molecule has 29 heavy (non-hydrogen) atoms. The lowest BCUT2D eigenvalue weighted by Crippen LogP contribution is -2.41. The number of hydrazone groups is 1. The fraction of sp³-hybridized carbons (Fsp3) is 0.818. The van der Waals surface area contributed by atoms with Crippen molar-refractivity contribution in [2.75, 3.05) is 14.2 Å². The van der Waals surface area contributed by atoms with E-state index in [1.807, 2.05) is 6.92 Å². The Labute approximate surface area is 176 Å². The van der Waals surface area contributed by atoms with Crippen molar-refractivity contribution >= 4 is 23.4 Å². The van der Waals surface area contributed by atoms with Crippen molar-refractivity contribution in [1.29, 1.82) is 0 Å². The molecule has 1 N–H and O–H groups in total. The third kappa shape index (κ3) is 12.3. The molecule has 0 aromatic carbocycles. The number of esters is 2. The summed E-state index contributed by atoms with van der Waals surface area (Å²) in [6.07, 6.45) is 12.0. The van der Waals surface area contributed by atoms with Crippen LogP contribution in [0, 0.1) is 0 Å². The molecule has 7 heteroatoms. The van der Waals surface area contributed by atoms with Gasteiger partial charge in [-0.2, -0.15) is 5.10 Å². The lowest BCUT2D eigenvalue weighted by atomic mass is 9.90. The lowest BCUT2D eigenvalue weighted by molar-refractivity contribution is -0.142. The molecule has 0 aromatic rings. The third-order valence-corrected chi connectivity index (χ3v) is 5.00. The molecule has 0 heterocycles. The molecule has 0 unspecified atom stereocenters. The van der Waals surface area contributed by atoms with Crippen LogP contribution in [0.25, 0.3) is 0 Å². The minimum absolute atomic E-state index is 0.332. The van der Waals surface area contributed by atoms with Crippen LogP contribution >= 0.6 is 0 Å². The maximum Gasteiger partial charge on any atom is 0.362 e. The van der Waals surface area contributed by atoms with E-state index in [2.05, 4.69) is 33.8 Å². The van der Waals surface area contributed by atoms with E-state index < -0.39 is 29.9 Å². The van der Waals surface area contributed by atoms with E-state index in [1.54, 1.807) is 0 Å². The van der Waals surface area contributed by atoms with Crippen LogP contribution in [0.4, 0.5) is 0 Å². The molecule has 0 saturated heterocycles. The smallest absolute Gasteiger partial charge is 0.362 e. The van der Waals surface area contributed by atoms with E-state index in [0.29, 0.717) is 0 Å². The first kappa shape index (κ1) is 27.1. The topological polar surface area (TPSA) is 94.1 Å². The van der Waals surface area contributed by atoms with Gasteiger partial charge in [0, 0.05) is 0 Å². The Hall–Kier alpha value is -1.92. The summed E-state index contributed by atoms with van der Waals surface area (Å²) in [6, 6.07) is 0. The van der Waals surface area contributed by atoms with Gasteiger partial charge in [0.25, 0.3) is 0 Å². The average molecular weight is 413 g/mol. The molecule has 0 spiro atoms. The van der Waals surface area contributed by atoms with Crippen LogP contribution in [0.2, 0.25) is 0 Å². The third-order valence-electron chi connectivity index (χ3n) is 5.00. The van der Waals surface area contributed by atoms with Crippen molar-refractivity contribution < 1.29 is 23.9 Å². The molecule has 0 radical (unpaired) electrons. The molecule has 0 saturated carbocycles. The molecular weight excluding hydrogens is 372 g/mol. The zero-order valence-corrected chi connectivity index (χ0v) is 19.0. The maximum atomic E-state index is 12.2. The Morgan fingerprint density at radius 3 is 1.93 bits per heavy atom. The number of unbranched alkanes of at least 4 members (excludes halogenated alkanes) is 7. The van der Waals surface area contributed by atoms with Crippen LogP contribution in [0.15, 0.2) is 5.10 Å². The number of hydrogen-bond acceptors (Lipinski definition) is 7. The Kier molecular flexibility index (Phi) is 14.9. The number of methoxy groups -OCH3 is 2. The molecule has 0 amide bonds. The highest BCUT2D eigenvalue weighted by Gasteiger charge is 2.27. The van der Waals surface area contributed by atoms with Crippen LogP contribution in [0.3, 0.4) is 0 Å². The summed E-state index contributed by atoms with van der Waals surface area (Å²) in [6.45, 7) is 6.35. The quantitative estimate of drug-likeness (QED) is 0.126. The standard InChI is InChI=1S/C22H40N2O5/c1-6-8-9-10-11-12-13-14-16-22(3,15-7-2)24-23-20(21(27)29-5)18(25)17-19(26)28-4/h24H,6-17H2,1-5H3/b23-20+/t22-/m1/s1. The second kappa shape index (κ2) is 15.9. The average Bonchev–Trinajstić information content (AvgIpc) is 2.69. The lowest BCUT2D eigenvalue weighted by Gasteiger charge is -2.29. The SMILES string of the molecule is CCCCCCCCCC[C@@](C)(CCC)N/N=C(\C(=O)CC(=O)OC)C(=O)OC. The molecule has 0 rings (SSSR count). The van der Waals surface area contributed by atoms with E-state index in [-0.39, 0.29) is 5.54 Å². The van der Waals surface area contributed by atoms with Crippen LogP contribution in [-0.4, -0.2) is 43.2 Å². The Morgan fingerprint density at radius 1 is 0.828 bits per heavy atom. The van der Waals surface area contributed by atoms with Gasteiger partial charge in [0.1, 0.15) is 6.42 Å². The number of carbonyl (C=O) groups excluding carboxylic acids is 3. The van der Waals surface area contributed by atoms with Crippen molar-refractivity contribution in [3.63, 3.8) is 0 Å². The van der Waals surface area contributed by atoms with E-state index in [4.69, 9.17) is 0 Å². The monoisotopic (exact) mass is 412 g/mol. The van der Waals surface area contributed by atoms with Gasteiger partial charge in [-0.25, -0.2) is 4.79 Å². The summed E-state index contributed by atoms with van der Waals surface area (Å²) in [7, 11) is 2.36. The van der Waals surface area contributed by atoms with Gasteiger partial charge in [0.05, 0.1) is 19.8 Å². The fourth-order valence-corrected chi connectivity index (χ4v) is 3.23. The fourth-order valence-electron chi connectivity index (χ4n) is 3.23. The predicted octanol–water partition coefficient (Wildman–Crippen LogP) is 4.33. The van der Waals surface area contributed by atoms with Crippen LogP contribution in [-0.2, 0) is 23.9 Å². The van der Waals surface area contributed by atoms with Gasteiger partial charge in [0.2, 0.25) is 11.5 Å². The summed E-state index contributed by atoms with van der Waals surface area (Å²) in [5.74, 6) is -2.30. The molecular formula is C22H40N2O5. The number of hydrogen-bond donors (Lipinski definition) is 1. The number of carbonyl (C=O) groups is 3. The second-order valence-electron chi connectivity index (χ2n) is 7.78. The van der Waals surface area contributed by atoms with Gasteiger partial charge in [-0.1, -0.05) is 71.6 Å². The highest BCUT2D eigenvalue weighted by atomic mass is 16.5. The van der Waals surface area contributed by atoms with Crippen molar-refractivity contribution in [3.8, 4) is 0 Å². The number of ketones is 1. The van der Waals surface area contributed by atoms with E-state index in [9.17, 15) is 14.4 Å². The van der Waals surface area contributed by atoms with Crippen molar-refractivity contribution in [3.05, 3.63) is 0 Å². The first-order valence-corrected chi connectivity index (χ1v) is 10.9. The summed E-state index contributed by atoms with van der Waals surface area (Å²) in [4.78, 5) is 35.5. The number of nitrogens with zero attached hydrogens (tertiary/aromatic N) is 1. The minimum Gasteiger partial charge on any atom is -0.469 e. The van der Waals surface area contributed by atoms with Gasteiger partial charge in [-0.05, 0) is 19.8 Å². The Morgan fingerprint density at radius 2 is 1.41 bits per heavy atom. The van der Waals surface area contributed by atoms with Crippen LogP contribution in [0.5, 0.6) is 0 Å². The molecule has 0 aliphatic rings. The van der Waals surface area contributed by atoms with Gasteiger partial charge in [0.15, 0.2) is 0 Å². The maximum absolute atomic E-state index is 12.2. The zero-order valence-electron chi connectivity index (χ0n) is 19.0. The molecule has 1 atom stereocenters. The number of Topliss-reactive ketones (excluding diaryl/α,β-unsaturated/α-hetero) is 1. The highest BCUT2D eigenvalue weighted by Crippen LogP contribution is 2.21. The first-order chi connectivity index (χ1) is 13.8. The molecule has 0 aromatic heterocycles. The summed E-state index contributed by atoms with van der Waals surface area (Å²) in [5, 5.41) is 4.06. The van der Waals surface area contributed by atoms with E-state index in [0.717, 1.165) is 32.1 Å². The second-order valence-corrected chi connectivity index (χ2v) is 7.78. The molecule has 0 fully saturated rings. The van der Waals surface area contributed by atoms with Crippen molar-refractivity contribution in [1.82, 2.24) is 5.43 Å². The molecule has 0 bridgehead atoms. The van der Waals surface area contributed by atoms with Crippen LogP contribution in [0.1, 0.15) is 97.8 Å². The van der Waals surface area contributed by atoms with Crippen LogP contribution < -0.4 is 5.43 Å². The number of nitrogens with one attached hydrogen (secondary N) is 1. The van der Waals surface area contributed by atoms with E-state index in [1.165, 1.54) is 52.7 Å². The molecule has 7 nitrogen and oxygen atoms in total. The minimum atomic E-state index is -0.864. The van der Waals surface area contributed by atoms with Crippen molar-refractivity contribution in [2.45, 2.75) is 103 Å². The summed E-state index contributed by atoms with van der Waals surface area (Å²) in [5.41, 5.74) is 2.28. The predicted molar refractivity (Wildman–Crippen MR) is 115 cm³/mol. The normalized spacial score (nSPS) is 13.5. The highest BCUT2D eigenvalue weighted by molar-refractivity contribution is 6.65. The van der Waals surface area contributed by atoms with E-state index >= 15 is 0 Å². The van der Waals surface area contributed by atoms with Crippen molar-refractivity contribution in [2.24, 2.45) is 5.10 Å². The van der Waals surface area contributed by atoms with Gasteiger partial charge < -0.3 is 14.9 Å². The summed E-state index contributed by atoms with van der Waals surface area (Å²) < 4.78 is 9.13. The Bertz CT molecular complexity index is 533. The van der Waals surface area contributed by atoms with Gasteiger partial charge in [-0.3, -0.25) is 9.59 Å².